The highest BCUT2D eigenvalue weighted by atomic mass is 32.1. The van der Waals surface area contributed by atoms with Gasteiger partial charge in [-0.1, -0.05) is 31.0 Å². The van der Waals surface area contributed by atoms with Crippen molar-refractivity contribution in [2.24, 2.45) is 0 Å². The molecule has 1 aromatic rings. The van der Waals surface area contributed by atoms with Gasteiger partial charge in [0.05, 0.1) is 5.75 Å². The fourth-order valence-electron chi connectivity index (χ4n) is 2.00. The average Bonchev–Trinajstić information content (AvgIpc) is 2.53. The molecule has 0 bridgehead atoms. The van der Waals surface area contributed by atoms with E-state index < -0.39 is 0 Å². The fourth-order valence-corrected chi connectivity index (χ4v) is 2.11. The molecule has 0 atom stereocenters. The second-order valence-electron chi connectivity index (χ2n) is 4.96. The summed E-state index contributed by atoms with van der Waals surface area (Å²) in [7, 11) is 1.81. The van der Waals surface area contributed by atoms with Crippen molar-refractivity contribution in [1.29, 1.82) is 0 Å². The molecule has 0 heterocycles. The lowest BCUT2D eigenvalue weighted by molar-refractivity contribution is -0.119. The van der Waals surface area contributed by atoms with E-state index in [1.165, 1.54) is 0 Å². The summed E-state index contributed by atoms with van der Waals surface area (Å²) in [6, 6.07) is 9.66. The quantitative estimate of drug-likeness (QED) is 0.544. The van der Waals surface area contributed by atoms with Crippen LogP contribution >= 0.6 is 12.6 Å². The molecule has 1 rings (SSSR count). The lowest BCUT2D eigenvalue weighted by Gasteiger charge is -2.17. The molecule has 2 amide bonds. The number of anilines is 1. The minimum absolute atomic E-state index is 0.0296. The van der Waals surface area contributed by atoms with Gasteiger partial charge in [-0.15, -0.1) is 0 Å². The van der Waals surface area contributed by atoms with Crippen LogP contribution in [-0.2, 0) is 9.59 Å². The smallest absolute Gasteiger partial charge is 0.229 e. The van der Waals surface area contributed by atoms with Crippen LogP contribution in [0, 0.1) is 0 Å². The Balaban J connectivity index is 2.10. The number of rotatable bonds is 9. The van der Waals surface area contributed by atoms with Crippen molar-refractivity contribution < 1.29 is 9.59 Å². The van der Waals surface area contributed by atoms with Crippen LogP contribution in [0.2, 0.25) is 0 Å². The summed E-state index contributed by atoms with van der Waals surface area (Å²) >= 11 is 3.89. The van der Waals surface area contributed by atoms with Gasteiger partial charge in [0.1, 0.15) is 0 Å². The molecule has 5 heteroatoms. The molecular formula is C16H24N2O2S. The average molecular weight is 308 g/mol. The number of nitrogens with one attached hydrogen (secondary N) is 1. The zero-order valence-corrected chi connectivity index (χ0v) is 13.4. The molecule has 116 valence electrons. The minimum Gasteiger partial charge on any atom is -0.355 e. The summed E-state index contributed by atoms with van der Waals surface area (Å²) in [6.07, 6.45) is 4.42. The van der Waals surface area contributed by atoms with E-state index in [1.54, 1.807) is 4.90 Å². The highest BCUT2D eigenvalue weighted by Crippen LogP contribution is 2.13. The zero-order chi connectivity index (χ0) is 15.5. The predicted octanol–water partition coefficient (Wildman–Crippen LogP) is 2.65. The third kappa shape index (κ3) is 7.18. The number of para-hydroxylation sites is 1. The number of unbranched alkanes of at least 4 members (excludes halogenated alkanes) is 3. The van der Waals surface area contributed by atoms with Crippen LogP contribution < -0.4 is 10.2 Å². The molecule has 0 aliphatic carbocycles. The molecule has 0 saturated carbocycles. The van der Waals surface area contributed by atoms with Crippen molar-refractivity contribution in [3.8, 4) is 0 Å². The van der Waals surface area contributed by atoms with Gasteiger partial charge in [-0.2, -0.15) is 12.6 Å². The van der Waals surface area contributed by atoms with Crippen molar-refractivity contribution in [3.05, 3.63) is 30.3 Å². The van der Waals surface area contributed by atoms with Gasteiger partial charge < -0.3 is 10.2 Å². The second kappa shape index (κ2) is 10.3. The summed E-state index contributed by atoms with van der Waals surface area (Å²) in [5.74, 6) is 0.350. The maximum absolute atomic E-state index is 12.0. The Morgan fingerprint density at radius 3 is 2.43 bits per heavy atom. The van der Waals surface area contributed by atoms with E-state index in [0.29, 0.717) is 13.0 Å². The van der Waals surface area contributed by atoms with Crippen molar-refractivity contribution in [3.63, 3.8) is 0 Å². The standard InChI is InChI=1S/C16H24N2O2S/c1-18(14-9-5-4-6-10-14)16(20)11-7-2-3-8-12-17-15(19)13-21/h4-6,9-10,21H,2-3,7-8,11-13H2,1H3,(H,17,19). The number of thiol groups is 1. The Bertz CT molecular complexity index is 437. The molecule has 0 aliphatic heterocycles. The van der Waals surface area contributed by atoms with Crippen molar-refractivity contribution in [2.75, 3.05) is 24.2 Å². The summed E-state index contributed by atoms with van der Waals surface area (Å²) in [4.78, 5) is 24.7. The molecule has 0 aliphatic rings. The first-order valence-corrected chi connectivity index (χ1v) is 7.97. The largest absolute Gasteiger partial charge is 0.355 e. The van der Waals surface area contributed by atoms with E-state index in [9.17, 15) is 9.59 Å². The monoisotopic (exact) mass is 308 g/mol. The molecule has 0 spiro atoms. The molecule has 1 N–H and O–H groups in total. The van der Waals surface area contributed by atoms with E-state index in [0.717, 1.165) is 31.4 Å². The van der Waals surface area contributed by atoms with Crippen LogP contribution in [0.15, 0.2) is 30.3 Å². The topological polar surface area (TPSA) is 49.4 Å². The van der Waals surface area contributed by atoms with Crippen molar-refractivity contribution in [2.45, 2.75) is 32.1 Å². The Morgan fingerprint density at radius 1 is 1.10 bits per heavy atom. The SMILES string of the molecule is CN(C(=O)CCCCCCNC(=O)CS)c1ccccc1. The highest BCUT2D eigenvalue weighted by Gasteiger charge is 2.09. The van der Waals surface area contributed by atoms with Gasteiger partial charge in [-0.3, -0.25) is 9.59 Å². The number of carbonyl (C=O) groups is 2. The molecule has 21 heavy (non-hydrogen) atoms. The van der Waals surface area contributed by atoms with E-state index in [4.69, 9.17) is 0 Å². The first-order chi connectivity index (χ1) is 10.1. The van der Waals surface area contributed by atoms with Crippen LogP contribution in [0.1, 0.15) is 32.1 Å². The fraction of sp³-hybridized carbons (Fsp3) is 0.500. The molecule has 0 unspecified atom stereocenters. The van der Waals surface area contributed by atoms with E-state index in [-0.39, 0.29) is 17.6 Å². The number of amides is 2. The first kappa shape index (κ1) is 17.6. The number of hydrogen-bond acceptors (Lipinski definition) is 3. The lowest BCUT2D eigenvalue weighted by atomic mass is 10.1. The van der Waals surface area contributed by atoms with Crippen LogP contribution in [0.3, 0.4) is 0 Å². The number of hydrogen-bond donors (Lipinski definition) is 2. The summed E-state index contributed by atoms with van der Waals surface area (Å²) in [6.45, 7) is 0.692. The summed E-state index contributed by atoms with van der Waals surface area (Å²) < 4.78 is 0. The molecule has 0 saturated heterocycles. The minimum atomic E-state index is -0.0296. The van der Waals surface area contributed by atoms with E-state index >= 15 is 0 Å². The van der Waals surface area contributed by atoms with Crippen LogP contribution in [0.5, 0.6) is 0 Å². The van der Waals surface area contributed by atoms with E-state index in [2.05, 4.69) is 17.9 Å². The van der Waals surface area contributed by atoms with Gasteiger partial charge in [0, 0.05) is 25.7 Å². The number of nitrogens with zero attached hydrogens (tertiary/aromatic N) is 1. The van der Waals surface area contributed by atoms with Gasteiger partial charge in [0.25, 0.3) is 0 Å². The molecular weight excluding hydrogens is 284 g/mol. The second-order valence-corrected chi connectivity index (χ2v) is 5.28. The van der Waals surface area contributed by atoms with Gasteiger partial charge in [-0.25, -0.2) is 0 Å². The van der Waals surface area contributed by atoms with E-state index in [1.807, 2.05) is 37.4 Å². The Hall–Kier alpha value is -1.49. The summed E-state index contributed by atoms with van der Waals surface area (Å²) in [5.41, 5.74) is 0.928. The summed E-state index contributed by atoms with van der Waals surface area (Å²) in [5, 5.41) is 2.78. The third-order valence-corrected chi connectivity index (χ3v) is 3.59. The Kier molecular flexibility index (Phi) is 8.59. The first-order valence-electron chi connectivity index (χ1n) is 7.34. The Morgan fingerprint density at radius 2 is 1.76 bits per heavy atom. The van der Waals surface area contributed by atoms with Crippen molar-refractivity contribution in [1.82, 2.24) is 5.32 Å². The van der Waals surface area contributed by atoms with Crippen LogP contribution in [0.25, 0.3) is 0 Å². The van der Waals surface area contributed by atoms with Gasteiger partial charge in [0.2, 0.25) is 11.8 Å². The maximum atomic E-state index is 12.0. The van der Waals surface area contributed by atoms with Gasteiger partial charge >= 0.3 is 0 Å². The predicted molar refractivity (Wildman–Crippen MR) is 89.8 cm³/mol. The molecule has 1 aromatic carbocycles. The molecule has 0 aromatic heterocycles. The molecule has 4 nitrogen and oxygen atoms in total. The molecule has 0 fully saturated rings. The molecule has 0 radical (unpaired) electrons. The van der Waals surface area contributed by atoms with Gasteiger partial charge in [0.15, 0.2) is 0 Å². The zero-order valence-electron chi connectivity index (χ0n) is 12.5. The normalized spacial score (nSPS) is 10.2. The Labute approximate surface area is 132 Å². The van der Waals surface area contributed by atoms with Gasteiger partial charge in [-0.05, 0) is 25.0 Å². The lowest BCUT2D eigenvalue weighted by Crippen LogP contribution is -2.26. The van der Waals surface area contributed by atoms with Crippen molar-refractivity contribution >= 4 is 30.1 Å². The maximum Gasteiger partial charge on any atom is 0.229 e. The number of carbonyl (C=O) groups excluding carboxylic acids is 2. The van der Waals surface area contributed by atoms with Crippen LogP contribution in [-0.4, -0.2) is 31.2 Å². The number of benzene rings is 1. The highest BCUT2D eigenvalue weighted by molar-refractivity contribution is 7.81. The van der Waals surface area contributed by atoms with Crippen LogP contribution in [0.4, 0.5) is 5.69 Å². The third-order valence-electron chi connectivity index (χ3n) is 3.30.